The van der Waals surface area contributed by atoms with Gasteiger partial charge in [-0.2, -0.15) is 10.5 Å². The highest BCUT2D eigenvalue weighted by atomic mass is 14.3. The van der Waals surface area contributed by atoms with E-state index in [1.54, 1.807) is 0 Å². The van der Waals surface area contributed by atoms with Crippen LogP contribution >= 0.6 is 0 Å². The van der Waals surface area contributed by atoms with Gasteiger partial charge in [-0.25, -0.2) is 0 Å². The third-order valence-corrected chi connectivity index (χ3v) is 3.50. The van der Waals surface area contributed by atoms with Gasteiger partial charge in [-0.3, -0.25) is 0 Å². The third kappa shape index (κ3) is 4.22. The number of benzene rings is 1. The van der Waals surface area contributed by atoms with Gasteiger partial charge in [0.25, 0.3) is 0 Å². The van der Waals surface area contributed by atoms with Crippen LogP contribution < -0.4 is 0 Å². The Labute approximate surface area is 110 Å². The number of unbranched alkanes of at least 4 members (excludes halogenated alkanes) is 2. The summed E-state index contributed by atoms with van der Waals surface area (Å²) in [6.07, 6.45) is 5.09. The normalized spacial score (nSPS) is 10.6. The molecule has 94 valence electrons. The summed E-state index contributed by atoms with van der Waals surface area (Å²) in [6, 6.07) is 14.9. The number of rotatable bonds is 7. The number of hydrogen-bond donors (Lipinski definition) is 0. The van der Waals surface area contributed by atoms with Crippen molar-refractivity contribution in [3.8, 4) is 12.1 Å². The van der Waals surface area contributed by atoms with Crippen LogP contribution in [-0.4, -0.2) is 0 Å². The van der Waals surface area contributed by atoms with Crippen LogP contribution in [0.15, 0.2) is 30.3 Å². The second-order valence-corrected chi connectivity index (χ2v) is 4.95. The topological polar surface area (TPSA) is 47.6 Å². The molecule has 0 heterocycles. The van der Waals surface area contributed by atoms with E-state index in [2.05, 4.69) is 43.3 Å². The van der Waals surface area contributed by atoms with Crippen molar-refractivity contribution in [3.63, 3.8) is 0 Å². The molecule has 0 amide bonds. The summed E-state index contributed by atoms with van der Waals surface area (Å²) in [7, 11) is 0. The fourth-order valence-electron chi connectivity index (χ4n) is 2.37. The Morgan fingerprint density at radius 3 is 1.89 bits per heavy atom. The highest BCUT2D eigenvalue weighted by Gasteiger charge is 2.25. The maximum atomic E-state index is 8.65. The van der Waals surface area contributed by atoms with E-state index < -0.39 is 0 Å². The van der Waals surface area contributed by atoms with Crippen LogP contribution in [0.1, 0.15) is 51.0 Å². The van der Waals surface area contributed by atoms with Gasteiger partial charge in [0.15, 0.2) is 0 Å². The molecule has 0 aliphatic heterocycles. The fraction of sp³-hybridized carbons (Fsp3) is 0.500. The van der Waals surface area contributed by atoms with Gasteiger partial charge >= 0.3 is 0 Å². The molecule has 0 saturated carbocycles. The molecule has 2 nitrogen and oxygen atoms in total. The van der Waals surface area contributed by atoms with Crippen molar-refractivity contribution in [3.05, 3.63) is 35.9 Å². The molecule has 0 aliphatic rings. The molecule has 0 spiro atoms. The summed E-state index contributed by atoms with van der Waals surface area (Å²) in [4.78, 5) is 0. The molecule has 0 unspecified atom stereocenters. The van der Waals surface area contributed by atoms with Gasteiger partial charge in [-0.05, 0) is 36.7 Å². The first-order valence-electron chi connectivity index (χ1n) is 6.52. The smallest absolute Gasteiger partial charge is 0.0621 e. The zero-order valence-corrected chi connectivity index (χ0v) is 11.0. The summed E-state index contributed by atoms with van der Waals surface area (Å²) in [5.74, 6) is 0. The molecule has 0 aromatic heterocycles. The van der Waals surface area contributed by atoms with Crippen molar-refractivity contribution in [2.24, 2.45) is 0 Å². The van der Waals surface area contributed by atoms with Crippen LogP contribution in [0.3, 0.4) is 0 Å². The van der Waals surface area contributed by atoms with E-state index in [0.29, 0.717) is 12.8 Å². The molecule has 0 N–H and O–H groups in total. The molecule has 1 aromatic rings. The number of nitriles is 2. The summed E-state index contributed by atoms with van der Waals surface area (Å²) in [5, 5.41) is 17.3. The van der Waals surface area contributed by atoms with E-state index in [9.17, 15) is 0 Å². The van der Waals surface area contributed by atoms with Crippen molar-refractivity contribution in [2.45, 2.75) is 50.9 Å². The van der Waals surface area contributed by atoms with Gasteiger partial charge in [-0.1, -0.05) is 37.3 Å². The lowest BCUT2D eigenvalue weighted by Crippen LogP contribution is -2.21. The summed E-state index contributed by atoms with van der Waals surface area (Å²) < 4.78 is 0. The molecule has 18 heavy (non-hydrogen) atoms. The average Bonchev–Trinajstić information content (AvgIpc) is 2.40. The average molecular weight is 240 g/mol. The Balaban J connectivity index is 2.74. The summed E-state index contributed by atoms with van der Waals surface area (Å²) in [6.45, 7) is 2.25. The molecule has 2 heteroatoms. The molecule has 0 aliphatic carbocycles. The Hall–Kier alpha value is -1.80. The molecule has 1 aromatic carbocycles. The van der Waals surface area contributed by atoms with Gasteiger partial charge in [0.2, 0.25) is 0 Å². The van der Waals surface area contributed by atoms with E-state index in [4.69, 9.17) is 10.5 Å². The molecule has 0 atom stereocenters. The second-order valence-electron chi connectivity index (χ2n) is 4.95. The zero-order valence-electron chi connectivity index (χ0n) is 11.0. The van der Waals surface area contributed by atoms with E-state index in [0.717, 1.165) is 25.7 Å². The van der Waals surface area contributed by atoms with Crippen LogP contribution in [0, 0.1) is 22.7 Å². The lowest BCUT2D eigenvalue weighted by molar-refractivity contribution is 0.382. The summed E-state index contributed by atoms with van der Waals surface area (Å²) >= 11 is 0. The second kappa shape index (κ2) is 7.51. The number of nitrogens with zero attached hydrogens (tertiary/aromatic N) is 2. The lowest BCUT2D eigenvalue weighted by Gasteiger charge is -2.30. The van der Waals surface area contributed by atoms with E-state index in [1.807, 2.05) is 6.07 Å². The largest absolute Gasteiger partial charge is 0.198 e. The molecule has 0 radical (unpaired) electrons. The van der Waals surface area contributed by atoms with Crippen molar-refractivity contribution in [1.82, 2.24) is 0 Å². The van der Waals surface area contributed by atoms with Crippen LogP contribution in [0.4, 0.5) is 0 Å². The van der Waals surface area contributed by atoms with Crippen molar-refractivity contribution < 1.29 is 0 Å². The Morgan fingerprint density at radius 1 is 0.944 bits per heavy atom. The van der Waals surface area contributed by atoms with Crippen LogP contribution in [0.5, 0.6) is 0 Å². The Kier molecular flexibility index (Phi) is 5.95. The minimum absolute atomic E-state index is 0.0922. The molecule has 0 fully saturated rings. The van der Waals surface area contributed by atoms with Crippen molar-refractivity contribution >= 4 is 0 Å². The predicted molar refractivity (Wildman–Crippen MR) is 72.7 cm³/mol. The first kappa shape index (κ1) is 14.3. The minimum Gasteiger partial charge on any atom is -0.198 e. The minimum atomic E-state index is 0.0922. The maximum absolute atomic E-state index is 8.65. The first-order chi connectivity index (χ1) is 8.73. The van der Waals surface area contributed by atoms with Gasteiger partial charge in [0, 0.05) is 12.8 Å². The van der Waals surface area contributed by atoms with E-state index in [-0.39, 0.29) is 5.41 Å². The van der Waals surface area contributed by atoms with Crippen LogP contribution in [-0.2, 0) is 5.41 Å². The maximum Gasteiger partial charge on any atom is 0.0621 e. The molecule has 0 saturated heterocycles. The van der Waals surface area contributed by atoms with Gasteiger partial charge < -0.3 is 0 Å². The van der Waals surface area contributed by atoms with Gasteiger partial charge in [-0.15, -0.1) is 0 Å². The lowest BCUT2D eigenvalue weighted by atomic mass is 9.74. The van der Waals surface area contributed by atoms with Crippen LogP contribution in [0.25, 0.3) is 0 Å². The fourth-order valence-corrected chi connectivity index (χ4v) is 2.37. The van der Waals surface area contributed by atoms with Crippen LogP contribution in [0.2, 0.25) is 0 Å². The molecule has 1 rings (SSSR count). The number of hydrogen-bond acceptors (Lipinski definition) is 2. The highest BCUT2D eigenvalue weighted by Crippen LogP contribution is 2.34. The first-order valence-corrected chi connectivity index (χ1v) is 6.52. The van der Waals surface area contributed by atoms with Crippen molar-refractivity contribution in [1.29, 1.82) is 10.5 Å². The predicted octanol–water partition coefficient (Wildman–Crippen LogP) is 4.33. The molecule has 0 bridgehead atoms. The Bertz CT molecular complexity index is 403. The highest BCUT2D eigenvalue weighted by molar-refractivity contribution is 5.24. The molecular weight excluding hydrogens is 220 g/mol. The SMILES string of the molecule is CC(CCCC#N)(CCCC#N)c1ccccc1. The summed E-state index contributed by atoms with van der Waals surface area (Å²) in [5.41, 5.74) is 1.41. The van der Waals surface area contributed by atoms with E-state index >= 15 is 0 Å². The van der Waals surface area contributed by atoms with E-state index in [1.165, 1.54) is 5.56 Å². The third-order valence-electron chi connectivity index (χ3n) is 3.50. The van der Waals surface area contributed by atoms with Gasteiger partial charge in [0.1, 0.15) is 0 Å². The van der Waals surface area contributed by atoms with Gasteiger partial charge in [0.05, 0.1) is 12.1 Å². The quantitative estimate of drug-likeness (QED) is 0.666. The monoisotopic (exact) mass is 240 g/mol. The standard InChI is InChI=1S/C16H20N2/c1-16(11-5-7-13-17,12-6-8-14-18)15-9-3-2-4-10-15/h2-4,9-10H,5-8,11-12H2,1H3. The zero-order chi connectivity index (χ0) is 13.3. The molecular formula is C16H20N2. The Morgan fingerprint density at radius 2 is 1.44 bits per heavy atom. The van der Waals surface area contributed by atoms with Crippen molar-refractivity contribution in [2.75, 3.05) is 0 Å².